The molecule has 1 amide bonds. The lowest BCUT2D eigenvalue weighted by atomic mass is 10.1. The summed E-state index contributed by atoms with van der Waals surface area (Å²) in [6.07, 6.45) is 3.74. The van der Waals surface area contributed by atoms with Crippen LogP contribution in [-0.4, -0.2) is 22.9 Å². The van der Waals surface area contributed by atoms with Crippen molar-refractivity contribution in [1.29, 1.82) is 0 Å². The van der Waals surface area contributed by atoms with Crippen molar-refractivity contribution in [2.24, 2.45) is 0 Å². The van der Waals surface area contributed by atoms with Gasteiger partial charge in [-0.3, -0.25) is 9.78 Å². The fraction of sp³-hybridized carbons (Fsp3) is 0.250. The summed E-state index contributed by atoms with van der Waals surface area (Å²) in [5, 5.41) is 3.09. The van der Waals surface area contributed by atoms with Gasteiger partial charge in [-0.25, -0.2) is 0 Å². The zero-order valence-corrected chi connectivity index (χ0v) is 12.5. The quantitative estimate of drug-likeness (QED) is 0.917. The summed E-state index contributed by atoms with van der Waals surface area (Å²) in [6.45, 7) is 1.85. The van der Waals surface area contributed by atoms with Gasteiger partial charge in [0.25, 0.3) is 5.91 Å². The van der Waals surface area contributed by atoms with Gasteiger partial charge in [0.15, 0.2) is 0 Å². The molecule has 20 heavy (non-hydrogen) atoms. The number of nitrogens with zero attached hydrogens (tertiary/aromatic N) is 1. The Kier molecular flexibility index (Phi) is 5.18. The maximum atomic E-state index is 12.4. The number of aromatic nitrogens is 1. The second-order valence-corrected chi connectivity index (χ2v) is 5.44. The van der Waals surface area contributed by atoms with E-state index in [1.807, 2.05) is 43.5 Å². The molecule has 0 bridgehead atoms. The Labute approximate surface area is 123 Å². The number of rotatable bonds is 5. The molecule has 1 atom stereocenters. The number of carbonyl (C=O) groups excluding carboxylic acids is 1. The lowest BCUT2D eigenvalue weighted by Crippen LogP contribution is -2.30. The third kappa shape index (κ3) is 3.61. The summed E-state index contributed by atoms with van der Waals surface area (Å²) in [5.41, 5.74) is 2.51. The van der Waals surface area contributed by atoms with Crippen LogP contribution in [0.5, 0.6) is 0 Å². The highest BCUT2D eigenvalue weighted by Crippen LogP contribution is 2.18. The Bertz CT molecular complexity index is 572. The van der Waals surface area contributed by atoms with Crippen LogP contribution in [0.1, 0.15) is 27.7 Å². The van der Waals surface area contributed by atoms with Crippen LogP contribution >= 0.6 is 11.8 Å². The number of aryl methyl sites for hydroxylation is 1. The number of pyridine rings is 1. The molecule has 0 radical (unpaired) electrons. The van der Waals surface area contributed by atoms with Gasteiger partial charge in [-0.2, -0.15) is 11.8 Å². The van der Waals surface area contributed by atoms with Gasteiger partial charge in [0, 0.05) is 17.6 Å². The molecule has 1 heterocycles. The van der Waals surface area contributed by atoms with Crippen LogP contribution in [0.25, 0.3) is 0 Å². The fourth-order valence-corrected chi connectivity index (χ4v) is 2.64. The average molecular weight is 286 g/mol. The standard InChI is InChI=1S/C16H18N2OS/c1-12-14(9-6-10-17-12)16(19)18-15(11-20-2)13-7-4-3-5-8-13/h3-10,15H,11H2,1-2H3,(H,18,19)/t15-/m1/s1. The molecule has 0 aliphatic carbocycles. The van der Waals surface area contributed by atoms with Crippen molar-refractivity contribution in [2.75, 3.05) is 12.0 Å². The van der Waals surface area contributed by atoms with Crippen LogP contribution in [0, 0.1) is 6.92 Å². The first-order valence-corrected chi connectivity index (χ1v) is 7.88. The summed E-state index contributed by atoms with van der Waals surface area (Å²) in [6, 6.07) is 13.6. The summed E-state index contributed by atoms with van der Waals surface area (Å²) < 4.78 is 0. The first-order valence-electron chi connectivity index (χ1n) is 6.48. The average Bonchev–Trinajstić information content (AvgIpc) is 2.48. The molecule has 104 valence electrons. The maximum Gasteiger partial charge on any atom is 0.253 e. The van der Waals surface area contributed by atoms with E-state index >= 15 is 0 Å². The monoisotopic (exact) mass is 286 g/mol. The molecule has 2 rings (SSSR count). The largest absolute Gasteiger partial charge is 0.344 e. The maximum absolute atomic E-state index is 12.4. The van der Waals surface area contributed by atoms with Crippen molar-refractivity contribution in [3.05, 3.63) is 65.5 Å². The van der Waals surface area contributed by atoms with Crippen LogP contribution in [0.15, 0.2) is 48.7 Å². The smallest absolute Gasteiger partial charge is 0.253 e. The minimum absolute atomic E-state index is 0.0123. The van der Waals surface area contributed by atoms with Crippen molar-refractivity contribution in [3.8, 4) is 0 Å². The van der Waals surface area contributed by atoms with Crippen molar-refractivity contribution in [1.82, 2.24) is 10.3 Å². The number of hydrogen-bond donors (Lipinski definition) is 1. The Hall–Kier alpha value is -1.81. The molecule has 3 nitrogen and oxygen atoms in total. The SMILES string of the molecule is CSC[C@@H](NC(=O)c1cccnc1C)c1ccccc1. The first kappa shape index (κ1) is 14.6. The fourth-order valence-electron chi connectivity index (χ4n) is 2.03. The molecule has 2 aromatic rings. The van der Waals surface area contributed by atoms with Gasteiger partial charge in [-0.1, -0.05) is 30.3 Å². The molecule has 4 heteroatoms. The summed E-state index contributed by atoms with van der Waals surface area (Å²) in [7, 11) is 0. The number of amides is 1. The van der Waals surface area contributed by atoms with E-state index in [2.05, 4.69) is 10.3 Å². The van der Waals surface area contributed by atoms with Crippen molar-refractivity contribution >= 4 is 17.7 Å². The zero-order valence-electron chi connectivity index (χ0n) is 11.7. The molecule has 0 saturated carbocycles. The van der Waals surface area contributed by atoms with Crippen LogP contribution in [-0.2, 0) is 0 Å². The second kappa shape index (κ2) is 7.10. The lowest BCUT2D eigenvalue weighted by Gasteiger charge is -2.18. The molecule has 1 aromatic carbocycles. The topological polar surface area (TPSA) is 42.0 Å². The van der Waals surface area contributed by atoms with Gasteiger partial charge < -0.3 is 5.32 Å². The van der Waals surface area contributed by atoms with Crippen molar-refractivity contribution < 1.29 is 4.79 Å². The Morgan fingerprint density at radius 1 is 1.25 bits per heavy atom. The van der Waals surface area contributed by atoms with Crippen LogP contribution < -0.4 is 5.32 Å². The first-order chi connectivity index (χ1) is 9.72. The molecular weight excluding hydrogens is 268 g/mol. The normalized spacial score (nSPS) is 11.9. The molecule has 0 unspecified atom stereocenters. The van der Waals surface area contributed by atoms with E-state index < -0.39 is 0 Å². The van der Waals surface area contributed by atoms with Gasteiger partial charge in [-0.05, 0) is 30.9 Å². The number of benzene rings is 1. The minimum Gasteiger partial charge on any atom is -0.344 e. The van der Waals surface area contributed by atoms with Crippen LogP contribution in [0.3, 0.4) is 0 Å². The predicted octanol–water partition coefficient (Wildman–Crippen LogP) is 3.22. The van der Waals surface area contributed by atoms with E-state index in [1.165, 1.54) is 0 Å². The Balaban J connectivity index is 2.17. The zero-order chi connectivity index (χ0) is 14.4. The third-order valence-corrected chi connectivity index (χ3v) is 3.76. The van der Waals surface area contributed by atoms with E-state index in [9.17, 15) is 4.79 Å². The van der Waals surface area contributed by atoms with Gasteiger partial charge in [-0.15, -0.1) is 0 Å². The summed E-state index contributed by atoms with van der Waals surface area (Å²) in [5.74, 6) is 0.771. The van der Waals surface area contributed by atoms with E-state index in [1.54, 1.807) is 30.1 Å². The summed E-state index contributed by atoms with van der Waals surface area (Å²) >= 11 is 1.72. The van der Waals surface area contributed by atoms with Crippen molar-refractivity contribution in [3.63, 3.8) is 0 Å². The molecule has 0 fully saturated rings. The summed E-state index contributed by atoms with van der Waals surface area (Å²) in [4.78, 5) is 16.5. The van der Waals surface area contributed by atoms with E-state index in [4.69, 9.17) is 0 Å². The number of carbonyl (C=O) groups is 1. The Morgan fingerprint density at radius 3 is 2.65 bits per heavy atom. The van der Waals surface area contributed by atoms with Crippen molar-refractivity contribution in [2.45, 2.75) is 13.0 Å². The number of thioether (sulfide) groups is 1. The molecular formula is C16H18N2OS. The highest BCUT2D eigenvalue weighted by atomic mass is 32.2. The number of hydrogen-bond acceptors (Lipinski definition) is 3. The highest BCUT2D eigenvalue weighted by molar-refractivity contribution is 7.98. The molecule has 0 spiro atoms. The van der Waals surface area contributed by atoms with Crippen LogP contribution in [0.2, 0.25) is 0 Å². The molecule has 0 saturated heterocycles. The predicted molar refractivity (Wildman–Crippen MR) is 84.0 cm³/mol. The minimum atomic E-state index is -0.0708. The van der Waals surface area contributed by atoms with Gasteiger partial charge in [0.2, 0.25) is 0 Å². The second-order valence-electron chi connectivity index (χ2n) is 4.53. The molecule has 0 aliphatic rings. The third-order valence-electron chi connectivity index (χ3n) is 3.09. The Morgan fingerprint density at radius 2 is 2.00 bits per heavy atom. The number of nitrogens with one attached hydrogen (secondary N) is 1. The molecule has 1 N–H and O–H groups in total. The van der Waals surface area contributed by atoms with E-state index in [0.29, 0.717) is 5.56 Å². The lowest BCUT2D eigenvalue weighted by molar-refractivity contribution is 0.0939. The van der Waals surface area contributed by atoms with Gasteiger partial charge >= 0.3 is 0 Å². The molecule has 0 aliphatic heterocycles. The van der Waals surface area contributed by atoms with E-state index in [0.717, 1.165) is 17.0 Å². The molecule has 1 aromatic heterocycles. The van der Waals surface area contributed by atoms with Gasteiger partial charge in [0.1, 0.15) is 0 Å². The highest BCUT2D eigenvalue weighted by Gasteiger charge is 2.16. The van der Waals surface area contributed by atoms with Crippen LogP contribution in [0.4, 0.5) is 0 Å². The van der Waals surface area contributed by atoms with E-state index in [-0.39, 0.29) is 11.9 Å². The van der Waals surface area contributed by atoms with Gasteiger partial charge in [0.05, 0.1) is 11.6 Å².